The van der Waals surface area contributed by atoms with Crippen molar-refractivity contribution in [3.05, 3.63) is 12.7 Å². The van der Waals surface area contributed by atoms with Crippen molar-refractivity contribution in [2.45, 2.75) is 33.6 Å². The van der Waals surface area contributed by atoms with Gasteiger partial charge in [-0.15, -0.1) is 0 Å². The van der Waals surface area contributed by atoms with Crippen molar-refractivity contribution in [2.24, 2.45) is 4.99 Å². The van der Waals surface area contributed by atoms with Gasteiger partial charge in [-0.05, 0) is 20.3 Å². The second kappa shape index (κ2) is 14.5. The third kappa shape index (κ3) is 17.1. The second-order valence-corrected chi connectivity index (χ2v) is 2.91. The van der Waals surface area contributed by atoms with Crippen LogP contribution in [0.15, 0.2) is 17.6 Å². The molecule has 0 saturated carbocycles. The Kier molecular flexibility index (Phi) is 15.2. The lowest BCUT2D eigenvalue weighted by Gasteiger charge is -2.06. The molecule has 0 aromatic carbocycles. The van der Waals surface area contributed by atoms with Crippen molar-refractivity contribution >= 4 is 12.1 Å². The van der Waals surface area contributed by atoms with Gasteiger partial charge in [-0.25, -0.2) is 9.79 Å². The maximum absolute atomic E-state index is 9.25. The first-order valence-electron chi connectivity index (χ1n) is 5.77. The number of aliphatic carboxylic acids is 1. The van der Waals surface area contributed by atoms with Gasteiger partial charge >= 0.3 is 12.1 Å². The lowest BCUT2D eigenvalue weighted by molar-refractivity contribution is -0.131. The molecule has 0 unspecified atom stereocenters. The zero-order chi connectivity index (χ0) is 13.5. The standard InChI is InChI=1S/C9H19NO2.C3H4O2/c1-4-7-8-10-9(11-5-2)12-6-3;1-2-3(4)5/h4-8H2,1-3H3;2H,1H2,(H,4,5). The van der Waals surface area contributed by atoms with Crippen molar-refractivity contribution in [2.75, 3.05) is 19.8 Å². The average Bonchev–Trinajstić information content (AvgIpc) is 2.30. The number of carbonyl (C=O) groups is 1. The molecule has 0 rings (SSSR count). The van der Waals surface area contributed by atoms with Crippen LogP contribution in [0.1, 0.15) is 33.6 Å². The molecule has 0 aliphatic carbocycles. The van der Waals surface area contributed by atoms with E-state index >= 15 is 0 Å². The molecule has 0 heterocycles. The Labute approximate surface area is 103 Å². The first-order valence-corrected chi connectivity index (χ1v) is 5.77. The summed E-state index contributed by atoms with van der Waals surface area (Å²) in [6, 6.07) is 0. The highest BCUT2D eigenvalue weighted by Crippen LogP contribution is 1.91. The first kappa shape index (κ1) is 17.9. The summed E-state index contributed by atoms with van der Waals surface area (Å²) < 4.78 is 10.3. The number of hydrogen-bond donors (Lipinski definition) is 1. The summed E-state index contributed by atoms with van der Waals surface area (Å²) in [7, 11) is 0. The van der Waals surface area contributed by atoms with Crippen LogP contribution in [0.4, 0.5) is 0 Å². The number of rotatable bonds is 6. The van der Waals surface area contributed by atoms with Crippen LogP contribution in [-0.2, 0) is 14.3 Å². The van der Waals surface area contributed by atoms with Gasteiger partial charge in [-0.1, -0.05) is 19.9 Å². The van der Waals surface area contributed by atoms with Crippen LogP contribution in [0.25, 0.3) is 0 Å². The Hall–Kier alpha value is -1.52. The molecule has 5 nitrogen and oxygen atoms in total. The van der Waals surface area contributed by atoms with Crippen LogP contribution in [0.5, 0.6) is 0 Å². The maximum Gasteiger partial charge on any atom is 0.383 e. The summed E-state index contributed by atoms with van der Waals surface area (Å²) in [5.41, 5.74) is 0. The van der Waals surface area contributed by atoms with E-state index in [0.717, 1.165) is 25.5 Å². The quantitative estimate of drug-likeness (QED) is 0.338. The Bertz CT molecular complexity index is 219. The number of ether oxygens (including phenoxy) is 2. The zero-order valence-corrected chi connectivity index (χ0v) is 10.9. The highest BCUT2D eigenvalue weighted by Gasteiger charge is 1.96. The smallest absolute Gasteiger partial charge is 0.383 e. The topological polar surface area (TPSA) is 68.1 Å². The van der Waals surface area contributed by atoms with Crippen LogP contribution in [0.3, 0.4) is 0 Å². The van der Waals surface area contributed by atoms with Gasteiger partial charge < -0.3 is 14.6 Å². The largest absolute Gasteiger partial charge is 0.478 e. The molecular formula is C12H23NO4. The van der Waals surface area contributed by atoms with Gasteiger partial charge in [0.25, 0.3) is 0 Å². The van der Waals surface area contributed by atoms with Crippen molar-refractivity contribution < 1.29 is 19.4 Å². The fourth-order valence-electron chi connectivity index (χ4n) is 0.708. The molecule has 5 heteroatoms. The minimum Gasteiger partial charge on any atom is -0.478 e. The fourth-order valence-corrected chi connectivity index (χ4v) is 0.708. The minimum absolute atomic E-state index is 0.438. The van der Waals surface area contributed by atoms with Crippen LogP contribution >= 0.6 is 0 Å². The minimum atomic E-state index is -0.981. The summed E-state index contributed by atoms with van der Waals surface area (Å²) >= 11 is 0. The van der Waals surface area contributed by atoms with E-state index < -0.39 is 5.97 Å². The van der Waals surface area contributed by atoms with E-state index in [1.54, 1.807) is 0 Å². The van der Waals surface area contributed by atoms with E-state index in [2.05, 4.69) is 18.5 Å². The van der Waals surface area contributed by atoms with Gasteiger partial charge in [-0.3, -0.25) is 0 Å². The number of hydrogen-bond acceptors (Lipinski definition) is 4. The van der Waals surface area contributed by atoms with E-state index in [1.807, 2.05) is 13.8 Å². The molecule has 0 fully saturated rings. The van der Waals surface area contributed by atoms with Gasteiger partial charge in [0, 0.05) is 12.6 Å². The Balaban J connectivity index is 0. The molecule has 0 atom stereocenters. The number of nitrogens with zero attached hydrogens (tertiary/aromatic N) is 1. The molecule has 0 radical (unpaired) electrons. The average molecular weight is 245 g/mol. The van der Waals surface area contributed by atoms with Gasteiger partial charge in [0.2, 0.25) is 0 Å². The highest BCUT2D eigenvalue weighted by molar-refractivity contribution is 5.78. The predicted octanol–water partition coefficient (Wildman–Crippen LogP) is 2.47. The maximum atomic E-state index is 9.25. The summed E-state index contributed by atoms with van der Waals surface area (Å²) in [5, 5.41) is 7.60. The molecule has 17 heavy (non-hydrogen) atoms. The molecule has 0 aliphatic heterocycles. The van der Waals surface area contributed by atoms with Crippen LogP contribution in [0.2, 0.25) is 0 Å². The van der Waals surface area contributed by atoms with Gasteiger partial charge in [0.05, 0.1) is 13.2 Å². The lowest BCUT2D eigenvalue weighted by Crippen LogP contribution is -2.10. The number of aliphatic imine (C=N–C) groups is 1. The molecule has 0 aliphatic rings. The third-order valence-corrected chi connectivity index (χ3v) is 1.46. The molecule has 0 aromatic rings. The molecule has 0 aromatic heterocycles. The van der Waals surface area contributed by atoms with Crippen LogP contribution in [0, 0.1) is 0 Å². The van der Waals surface area contributed by atoms with Crippen LogP contribution < -0.4 is 0 Å². The Morgan fingerprint density at radius 2 is 1.76 bits per heavy atom. The predicted molar refractivity (Wildman–Crippen MR) is 68.3 cm³/mol. The van der Waals surface area contributed by atoms with E-state index in [1.165, 1.54) is 0 Å². The van der Waals surface area contributed by atoms with Crippen molar-refractivity contribution in [3.63, 3.8) is 0 Å². The number of carboxylic acid groups (broad SMARTS) is 1. The van der Waals surface area contributed by atoms with Gasteiger partial charge in [-0.2, -0.15) is 0 Å². The second-order valence-electron chi connectivity index (χ2n) is 2.91. The summed E-state index contributed by atoms with van der Waals surface area (Å²) in [5.74, 6) is -0.981. The molecule has 0 spiro atoms. The van der Waals surface area contributed by atoms with Crippen molar-refractivity contribution in [1.29, 1.82) is 0 Å². The molecule has 0 amide bonds. The normalized spacial score (nSPS) is 8.41. The van der Waals surface area contributed by atoms with Crippen LogP contribution in [-0.4, -0.2) is 36.9 Å². The number of carboxylic acids is 1. The Morgan fingerprint density at radius 3 is 2.06 bits per heavy atom. The first-order chi connectivity index (χ1) is 8.12. The lowest BCUT2D eigenvalue weighted by atomic mass is 10.3. The third-order valence-electron chi connectivity index (χ3n) is 1.46. The molecule has 100 valence electrons. The van der Waals surface area contributed by atoms with E-state index in [9.17, 15) is 4.79 Å². The monoisotopic (exact) mass is 245 g/mol. The van der Waals surface area contributed by atoms with Crippen molar-refractivity contribution in [3.8, 4) is 0 Å². The summed E-state index contributed by atoms with van der Waals surface area (Å²) in [6.07, 6.45) is 3.51. The fraction of sp³-hybridized carbons (Fsp3) is 0.667. The summed E-state index contributed by atoms with van der Waals surface area (Å²) in [6.45, 7) is 11.0. The van der Waals surface area contributed by atoms with Gasteiger partial charge in [0.15, 0.2) is 0 Å². The number of unbranched alkanes of at least 4 members (excludes halogenated alkanes) is 1. The highest BCUT2D eigenvalue weighted by atomic mass is 16.7. The Morgan fingerprint density at radius 1 is 1.29 bits per heavy atom. The molecule has 0 saturated heterocycles. The van der Waals surface area contributed by atoms with E-state index in [4.69, 9.17) is 14.6 Å². The van der Waals surface area contributed by atoms with Gasteiger partial charge in [0.1, 0.15) is 0 Å². The molecular weight excluding hydrogens is 222 g/mol. The zero-order valence-electron chi connectivity index (χ0n) is 10.9. The van der Waals surface area contributed by atoms with E-state index in [0.29, 0.717) is 19.3 Å². The molecule has 0 bridgehead atoms. The molecule has 1 N–H and O–H groups in total. The van der Waals surface area contributed by atoms with Crippen molar-refractivity contribution in [1.82, 2.24) is 0 Å². The SMILES string of the molecule is C=CC(=O)O.CCCCN=C(OCC)OCC. The summed E-state index contributed by atoms with van der Waals surface area (Å²) in [4.78, 5) is 13.4. The van der Waals surface area contributed by atoms with E-state index in [-0.39, 0.29) is 0 Å².